The van der Waals surface area contributed by atoms with E-state index in [2.05, 4.69) is 50.2 Å². The quantitative estimate of drug-likeness (QED) is 0.408. The van der Waals surface area contributed by atoms with Crippen molar-refractivity contribution in [2.24, 2.45) is 23.2 Å². The van der Waals surface area contributed by atoms with E-state index in [9.17, 15) is 9.59 Å². The van der Waals surface area contributed by atoms with E-state index in [0.29, 0.717) is 28.3 Å². The number of aromatic nitrogens is 1. The Kier molecular flexibility index (Phi) is 7.84. The summed E-state index contributed by atoms with van der Waals surface area (Å²) in [6.45, 7) is 11.1. The second kappa shape index (κ2) is 10.9. The topological polar surface area (TPSA) is 89.6 Å². The van der Waals surface area contributed by atoms with Crippen LogP contribution in [-0.4, -0.2) is 41.6 Å². The summed E-state index contributed by atoms with van der Waals surface area (Å²) in [7, 11) is -0.500. The molecule has 3 saturated carbocycles. The molecule has 0 radical (unpaired) electrons. The number of pyridine rings is 1. The number of amides is 2. The summed E-state index contributed by atoms with van der Waals surface area (Å²) in [5.74, 6) is 0.677. The van der Waals surface area contributed by atoms with Gasteiger partial charge in [-0.3, -0.25) is 14.6 Å². The first kappa shape index (κ1) is 28.1. The number of nitrogens with zero attached hydrogens (tertiary/aromatic N) is 1. The minimum absolute atomic E-state index is 0.0476. The lowest BCUT2D eigenvalue weighted by Gasteiger charge is -2.64. The zero-order valence-corrected chi connectivity index (χ0v) is 24.2. The molecule has 1 saturated heterocycles. The van der Waals surface area contributed by atoms with Crippen LogP contribution in [0.2, 0.25) is 5.02 Å². The van der Waals surface area contributed by atoms with Crippen molar-refractivity contribution in [1.82, 2.24) is 15.6 Å². The molecule has 3 aliphatic carbocycles. The molecule has 2 heterocycles. The molecule has 6 rings (SSSR count). The van der Waals surface area contributed by atoms with Gasteiger partial charge in [-0.1, -0.05) is 51.4 Å². The molecule has 39 heavy (non-hydrogen) atoms. The predicted octanol–water partition coefficient (Wildman–Crippen LogP) is 5.39. The highest BCUT2D eigenvalue weighted by molar-refractivity contribution is 6.47. The lowest BCUT2D eigenvalue weighted by atomic mass is 9.43. The van der Waals surface area contributed by atoms with Crippen molar-refractivity contribution in [3.05, 3.63) is 64.9 Å². The number of carbonyl (C=O) groups excluding carboxylic acids is 2. The monoisotopic (exact) mass is 551 g/mol. The van der Waals surface area contributed by atoms with Gasteiger partial charge in [0.25, 0.3) is 5.91 Å². The van der Waals surface area contributed by atoms with Crippen LogP contribution < -0.4 is 10.6 Å². The number of benzene rings is 1. The molecule has 0 spiro atoms. The fourth-order valence-corrected chi connectivity index (χ4v) is 7.08. The molecule has 1 unspecified atom stereocenters. The maximum absolute atomic E-state index is 13.5. The molecule has 2 aromatic rings. The lowest BCUT2D eigenvalue weighted by Crippen LogP contribution is -2.65. The summed E-state index contributed by atoms with van der Waals surface area (Å²) < 4.78 is 13.2. The average Bonchev–Trinajstić information content (AvgIpc) is 3.26. The minimum atomic E-state index is -0.548. The van der Waals surface area contributed by atoms with Crippen molar-refractivity contribution in [1.29, 1.82) is 0 Å². The Morgan fingerprint density at radius 2 is 1.87 bits per heavy atom. The first-order valence-corrected chi connectivity index (χ1v) is 14.4. The van der Waals surface area contributed by atoms with Gasteiger partial charge in [0.1, 0.15) is 0 Å². The number of hydrogen-bond acceptors (Lipinski definition) is 5. The number of rotatable bonds is 9. The predicted molar refractivity (Wildman–Crippen MR) is 152 cm³/mol. The van der Waals surface area contributed by atoms with E-state index in [1.54, 1.807) is 30.5 Å². The van der Waals surface area contributed by atoms with Crippen molar-refractivity contribution in [3.8, 4) is 0 Å². The van der Waals surface area contributed by atoms with Crippen molar-refractivity contribution in [3.63, 3.8) is 0 Å². The largest absolute Gasteiger partial charge is 0.481 e. The van der Waals surface area contributed by atoms with Crippen LogP contribution in [0.5, 0.6) is 0 Å². The van der Waals surface area contributed by atoms with Gasteiger partial charge in [-0.25, -0.2) is 0 Å². The van der Waals surface area contributed by atoms with Gasteiger partial charge in [0.05, 0.1) is 35.7 Å². The zero-order valence-electron chi connectivity index (χ0n) is 23.4. The van der Waals surface area contributed by atoms with Crippen LogP contribution in [0.4, 0.5) is 0 Å². The number of carbonyl (C=O) groups is 2. The molecule has 6 atom stereocenters. The Bertz CT molecular complexity index is 1190. The molecule has 2 bridgehead atoms. The maximum atomic E-state index is 13.5. The molecule has 1 aromatic heterocycles. The highest BCUT2D eigenvalue weighted by Crippen LogP contribution is 2.65. The fourth-order valence-electron chi connectivity index (χ4n) is 6.95. The lowest BCUT2D eigenvalue weighted by molar-refractivity contribution is -0.199. The normalized spacial score (nSPS) is 28.3. The standard InChI is InChI=1S/C30H39BClN3O4/c1-18(2)13-26(31-38-25-15-21-14-24(29(21,3)4)30(25,5)39-31)35-27(36)16-23(19-8-10-22(32)11-9-19)34-28(37)20-7-6-12-33-17-20/h6-12,17-18,21,23-26H,13-16H2,1-5H3,(H,34,37)(H,35,36)/t21-,23?,24-,25-,26+,30+/m1/s1. The van der Waals surface area contributed by atoms with Crippen LogP contribution in [0.15, 0.2) is 48.8 Å². The van der Waals surface area contributed by atoms with Gasteiger partial charge in [-0.15, -0.1) is 0 Å². The summed E-state index contributed by atoms with van der Waals surface area (Å²) in [4.78, 5) is 30.5. The van der Waals surface area contributed by atoms with E-state index < -0.39 is 13.2 Å². The van der Waals surface area contributed by atoms with Gasteiger partial charge in [0.15, 0.2) is 0 Å². The van der Waals surface area contributed by atoms with E-state index >= 15 is 0 Å². The summed E-state index contributed by atoms with van der Waals surface area (Å²) in [5, 5.41) is 6.80. The maximum Gasteiger partial charge on any atom is 0.481 e. The number of halogens is 1. The third-order valence-corrected chi connectivity index (χ3v) is 9.51. The highest BCUT2D eigenvalue weighted by Gasteiger charge is 2.68. The number of hydrogen-bond donors (Lipinski definition) is 2. The molecule has 2 N–H and O–H groups in total. The summed E-state index contributed by atoms with van der Waals surface area (Å²) in [6.07, 6.45) is 6.13. The molecule has 1 aliphatic heterocycles. The minimum Gasteiger partial charge on any atom is -0.404 e. The molecule has 7 nitrogen and oxygen atoms in total. The Morgan fingerprint density at radius 3 is 2.51 bits per heavy atom. The van der Waals surface area contributed by atoms with E-state index in [1.807, 2.05) is 12.1 Å². The summed E-state index contributed by atoms with van der Waals surface area (Å²) in [6, 6.07) is 10.0. The SMILES string of the molecule is CC(C)C[C@H](NC(=O)CC(NC(=O)c1cccnc1)c1ccc(Cl)cc1)B1O[C@@H]2C[C@H]3C[C@H](C3(C)C)[C@]2(C)O1. The Labute approximate surface area is 236 Å². The molecule has 9 heteroatoms. The van der Waals surface area contributed by atoms with Gasteiger partial charge in [-0.2, -0.15) is 0 Å². The van der Waals surface area contributed by atoms with Crippen LogP contribution in [0.1, 0.15) is 82.3 Å². The Balaban J connectivity index is 1.30. The molecule has 1 aromatic carbocycles. The van der Waals surface area contributed by atoms with Gasteiger partial charge in [-0.05, 0) is 79.2 Å². The van der Waals surface area contributed by atoms with Crippen LogP contribution in [0.3, 0.4) is 0 Å². The van der Waals surface area contributed by atoms with Crippen LogP contribution >= 0.6 is 11.6 Å². The molecule has 4 fully saturated rings. The smallest absolute Gasteiger partial charge is 0.404 e. The van der Waals surface area contributed by atoms with E-state index in [-0.39, 0.29) is 41.3 Å². The van der Waals surface area contributed by atoms with Gasteiger partial charge in [0, 0.05) is 17.4 Å². The molecular formula is C30H39BClN3O4. The molecule has 2 amide bonds. The van der Waals surface area contributed by atoms with Crippen LogP contribution in [0, 0.1) is 23.2 Å². The van der Waals surface area contributed by atoms with Gasteiger partial charge in [0.2, 0.25) is 5.91 Å². The van der Waals surface area contributed by atoms with E-state index in [4.69, 9.17) is 20.9 Å². The third kappa shape index (κ3) is 5.61. The first-order chi connectivity index (χ1) is 18.5. The van der Waals surface area contributed by atoms with E-state index in [0.717, 1.165) is 18.4 Å². The van der Waals surface area contributed by atoms with Crippen molar-refractivity contribution in [2.45, 2.75) is 84.0 Å². The molecule has 208 valence electrons. The van der Waals surface area contributed by atoms with E-state index in [1.165, 1.54) is 12.6 Å². The van der Waals surface area contributed by atoms with Gasteiger partial charge >= 0.3 is 7.12 Å². The van der Waals surface area contributed by atoms with Crippen LogP contribution in [0.25, 0.3) is 0 Å². The fraction of sp³-hybridized carbons (Fsp3) is 0.567. The average molecular weight is 552 g/mol. The molecular weight excluding hydrogens is 513 g/mol. The van der Waals surface area contributed by atoms with Crippen molar-refractivity contribution < 1.29 is 18.9 Å². The van der Waals surface area contributed by atoms with Gasteiger partial charge < -0.3 is 19.9 Å². The van der Waals surface area contributed by atoms with Crippen molar-refractivity contribution in [2.75, 3.05) is 0 Å². The third-order valence-electron chi connectivity index (χ3n) is 9.26. The second-order valence-corrected chi connectivity index (χ2v) is 13.1. The summed E-state index contributed by atoms with van der Waals surface area (Å²) >= 11 is 6.10. The Morgan fingerprint density at radius 1 is 1.13 bits per heavy atom. The first-order valence-electron chi connectivity index (χ1n) is 14.1. The van der Waals surface area contributed by atoms with Crippen LogP contribution in [-0.2, 0) is 14.1 Å². The molecule has 4 aliphatic rings. The summed E-state index contributed by atoms with van der Waals surface area (Å²) in [5.41, 5.74) is 1.13. The second-order valence-electron chi connectivity index (χ2n) is 12.7. The van der Waals surface area contributed by atoms with Crippen molar-refractivity contribution >= 4 is 30.5 Å². The number of nitrogens with one attached hydrogen (secondary N) is 2. The Hall–Kier alpha value is -2.42. The zero-order chi connectivity index (χ0) is 27.9. The highest BCUT2D eigenvalue weighted by atomic mass is 35.5.